The van der Waals surface area contributed by atoms with Crippen LogP contribution in [0.15, 0.2) is 77.5 Å². The van der Waals surface area contributed by atoms with Crippen molar-refractivity contribution in [3.8, 4) is 0 Å². The molecule has 1 heterocycles. The number of aryl methyl sites for hydroxylation is 1. The zero-order chi connectivity index (χ0) is 25.8. The molecular formula is C27H22Cl2FN3O3. The highest BCUT2D eigenvalue weighted by atomic mass is 35.5. The minimum absolute atomic E-state index is 0.0837. The zero-order valence-corrected chi connectivity index (χ0v) is 20.8. The Morgan fingerprint density at radius 1 is 0.944 bits per heavy atom. The van der Waals surface area contributed by atoms with Gasteiger partial charge in [0.15, 0.2) is 0 Å². The van der Waals surface area contributed by atoms with Crippen molar-refractivity contribution in [3.05, 3.63) is 99.4 Å². The second kappa shape index (κ2) is 10.9. The summed E-state index contributed by atoms with van der Waals surface area (Å²) in [4.78, 5) is 39.5. The van der Waals surface area contributed by atoms with E-state index in [9.17, 15) is 18.8 Å². The van der Waals surface area contributed by atoms with E-state index in [0.29, 0.717) is 17.1 Å². The van der Waals surface area contributed by atoms with Gasteiger partial charge in [0.1, 0.15) is 16.5 Å². The van der Waals surface area contributed by atoms with Gasteiger partial charge >= 0.3 is 0 Å². The Morgan fingerprint density at radius 3 is 2.39 bits per heavy atom. The molecule has 0 fully saturated rings. The quantitative estimate of drug-likeness (QED) is 0.328. The molecule has 9 heteroatoms. The second-order valence-electron chi connectivity index (χ2n) is 8.19. The fraction of sp³-hybridized carbons (Fsp3) is 0.148. The number of nitrogens with zero attached hydrogens (tertiary/aromatic N) is 1. The SMILES string of the molecule is CCCCc1ccc(N2C(=O)C(Cl)=C(Nc3cccc(C(=O)Nc4ccc(F)c(Cl)c4)c3)C2=O)cc1. The van der Waals surface area contributed by atoms with Crippen LogP contribution in [0.1, 0.15) is 35.7 Å². The predicted octanol–water partition coefficient (Wildman–Crippen LogP) is 6.51. The molecule has 0 aliphatic carbocycles. The van der Waals surface area contributed by atoms with Crippen molar-refractivity contribution in [2.75, 3.05) is 15.5 Å². The highest BCUT2D eigenvalue weighted by Crippen LogP contribution is 2.31. The Hall–Kier alpha value is -3.68. The fourth-order valence-electron chi connectivity index (χ4n) is 3.70. The van der Waals surface area contributed by atoms with Gasteiger partial charge in [0.2, 0.25) is 0 Å². The third-order valence-electron chi connectivity index (χ3n) is 5.61. The monoisotopic (exact) mass is 525 g/mol. The average Bonchev–Trinajstić information content (AvgIpc) is 3.08. The first kappa shape index (κ1) is 25.4. The van der Waals surface area contributed by atoms with Gasteiger partial charge in [0.05, 0.1) is 10.7 Å². The summed E-state index contributed by atoms with van der Waals surface area (Å²) in [6.07, 6.45) is 3.04. The van der Waals surface area contributed by atoms with Crippen LogP contribution in [0.2, 0.25) is 5.02 Å². The first-order valence-corrected chi connectivity index (χ1v) is 12.0. The maximum Gasteiger partial charge on any atom is 0.283 e. The normalized spacial score (nSPS) is 13.4. The lowest BCUT2D eigenvalue weighted by atomic mass is 10.1. The van der Waals surface area contributed by atoms with Crippen LogP contribution in [0, 0.1) is 5.82 Å². The van der Waals surface area contributed by atoms with Crippen LogP contribution in [0.4, 0.5) is 21.5 Å². The number of rotatable bonds is 8. The molecule has 0 saturated heterocycles. The van der Waals surface area contributed by atoms with Crippen LogP contribution in [0.25, 0.3) is 0 Å². The van der Waals surface area contributed by atoms with E-state index in [1.807, 2.05) is 12.1 Å². The molecule has 3 aromatic carbocycles. The molecule has 6 nitrogen and oxygen atoms in total. The Kier molecular flexibility index (Phi) is 7.72. The molecule has 36 heavy (non-hydrogen) atoms. The van der Waals surface area contributed by atoms with E-state index in [2.05, 4.69) is 17.6 Å². The average molecular weight is 526 g/mol. The summed E-state index contributed by atoms with van der Waals surface area (Å²) in [6.45, 7) is 2.11. The van der Waals surface area contributed by atoms with Crippen LogP contribution < -0.4 is 15.5 Å². The molecule has 3 amide bonds. The number of hydrogen-bond donors (Lipinski definition) is 2. The Morgan fingerprint density at radius 2 is 1.69 bits per heavy atom. The second-order valence-corrected chi connectivity index (χ2v) is 8.98. The van der Waals surface area contributed by atoms with Crippen LogP contribution in [-0.2, 0) is 16.0 Å². The lowest BCUT2D eigenvalue weighted by molar-refractivity contribution is -0.120. The van der Waals surface area contributed by atoms with Gasteiger partial charge in [-0.05, 0) is 66.9 Å². The van der Waals surface area contributed by atoms with Gasteiger partial charge in [-0.1, -0.05) is 54.7 Å². The number of carbonyl (C=O) groups excluding carboxylic acids is 3. The molecule has 184 valence electrons. The number of imide groups is 1. The number of benzene rings is 3. The summed E-state index contributed by atoms with van der Waals surface area (Å²) >= 11 is 12.0. The summed E-state index contributed by atoms with van der Waals surface area (Å²) in [5, 5.41) is 5.14. The number of nitrogens with one attached hydrogen (secondary N) is 2. The number of amides is 3. The lowest BCUT2D eigenvalue weighted by Crippen LogP contribution is -2.32. The first-order valence-electron chi connectivity index (χ1n) is 11.3. The van der Waals surface area contributed by atoms with E-state index in [0.717, 1.165) is 35.8 Å². The minimum Gasteiger partial charge on any atom is -0.350 e. The zero-order valence-electron chi connectivity index (χ0n) is 19.3. The number of carbonyl (C=O) groups is 3. The summed E-state index contributed by atoms with van der Waals surface area (Å²) < 4.78 is 13.4. The molecule has 0 bridgehead atoms. The van der Waals surface area contributed by atoms with E-state index in [1.54, 1.807) is 30.3 Å². The number of halogens is 3. The van der Waals surface area contributed by atoms with Crippen molar-refractivity contribution < 1.29 is 18.8 Å². The van der Waals surface area contributed by atoms with Crippen molar-refractivity contribution in [1.29, 1.82) is 0 Å². The summed E-state index contributed by atoms with van der Waals surface area (Å²) in [7, 11) is 0. The van der Waals surface area contributed by atoms with Gasteiger partial charge in [-0.3, -0.25) is 14.4 Å². The van der Waals surface area contributed by atoms with Crippen molar-refractivity contribution in [3.63, 3.8) is 0 Å². The molecule has 2 N–H and O–H groups in total. The predicted molar refractivity (Wildman–Crippen MR) is 140 cm³/mol. The van der Waals surface area contributed by atoms with Crippen LogP contribution >= 0.6 is 23.2 Å². The highest BCUT2D eigenvalue weighted by molar-refractivity contribution is 6.53. The van der Waals surface area contributed by atoms with Crippen molar-refractivity contribution in [2.24, 2.45) is 0 Å². The molecule has 1 aliphatic heterocycles. The standard InChI is InChI=1S/C27H22Cl2FN3O3/c1-2-3-5-16-8-11-20(12-9-16)33-26(35)23(29)24(27(33)36)31-18-7-4-6-17(14-18)25(34)32-19-10-13-22(30)21(28)15-19/h4,6-15,31H,2-3,5H2,1H3,(H,32,34). The van der Waals surface area contributed by atoms with Gasteiger partial charge in [-0.2, -0.15) is 0 Å². The van der Waals surface area contributed by atoms with Gasteiger partial charge in [0.25, 0.3) is 17.7 Å². The Labute approximate surface area is 217 Å². The Balaban J connectivity index is 1.49. The molecule has 1 aliphatic rings. The van der Waals surface area contributed by atoms with Crippen molar-refractivity contribution >= 4 is 58.0 Å². The van der Waals surface area contributed by atoms with E-state index < -0.39 is 23.5 Å². The summed E-state index contributed by atoms with van der Waals surface area (Å²) in [6, 6.07) is 17.4. The molecule has 0 radical (unpaired) electrons. The number of hydrogen-bond acceptors (Lipinski definition) is 4. The van der Waals surface area contributed by atoms with Gasteiger partial charge in [-0.25, -0.2) is 9.29 Å². The number of anilines is 3. The molecule has 0 spiro atoms. The molecule has 0 aromatic heterocycles. The Bertz CT molecular complexity index is 1370. The lowest BCUT2D eigenvalue weighted by Gasteiger charge is -2.16. The van der Waals surface area contributed by atoms with Crippen LogP contribution in [0.5, 0.6) is 0 Å². The van der Waals surface area contributed by atoms with Gasteiger partial charge in [-0.15, -0.1) is 0 Å². The molecule has 4 rings (SSSR count). The highest BCUT2D eigenvalue weighted by Gasteiger charge is 2.39. The molecular weight excluding hydrogens is 504 g/mol. The van der Waals surface area contributed by atoms with E-state index >= 15 is 0 Å². The van der Waals surface area contributed by atoms with Gasteiger partial charge in [0, 0.05) is 16.9 Å². The van der Waals surface area contributed by atoms with Crippen molar-refractivity contribution in [2.45, 2.75) is 26.2 Å². The summed E-state index contributed by atoms with van der Waals surface area (Å²) in [5.74, 6) is -2.29. The smallest absolute Gasteiger partial charge is 0.283 e. The van der Waals surface area contributed by atoms with E-state index in [-0.39, 0.29) is 21.3 Å². The maximum atomic E-state index is 13.4. The molecule has 0 atom stereocenters. The van der Waals surface area contributed by atoms with E-state index in [4.69, 9.17) is 23.2 Å². The van der Waals surface area contributed by atoms with Gasteiger partial charge < -0.3 is 10.6 Å². The fourth-order valence-corrected chi connectivity index (χ4v) is 4.09. The largest absolute Gasteiger partial charge is 0.350 e. The van der Waals surface area contributed by atoms with Crippen LogP contribution in [-0.4, -0.2) is 17.7 Å². The van der Waals surface area contributed by atoms with Crippen LogP contribution in [0.3, 0.4) is 0 Å². The number of unbranched alkanes of at least 4 members (excludes halogenated alkanes) is 1. The third kappa shape index (κ3) is 5.42. The topological polar surface area (TPSA) is 78.5 Å². The first-order chi connectivity index (χ1) is 17.3. The molecule has 0 unspecified atom stereocenters. The molecule has 0 saturated carbocycles. The van der Waals surface area contributed by atoms with Crippen molar-refractivity contribution in [1.82, 2.24) is 0 Å². The third-order valence-corrected chi connectivity index (χ3v) is 6.25. The maximum absolute atomic E-state index is 13.4. The molecule has 3 aromatic rings. The summed E-state index contributed by atoms with van der Waals surface area (Å²) in [5.41, 5.74) is 2.42. The van der Waals surface area contributed by atoms with E-state index in [1.165, 1.54) is 18.2 Å². The minimum atomic E-state index is -0.632.